The first-order valence-electron chi connectivity index (χ1n) is 5.72. The lowest BCUT2D eigenvalue weighted by atomic mass is 10.1. The molecule has 0 aliphatic carbocycles. The second-order valence-corrected chi connectivity index (χ2v) is 4.28. The summed E-state index contributed by atoms with van der Waals surface area (Å²) in [6.07, 6.45) is 0. The number of carbonyl (C=O) groups excluding carboxylic acids is 1. The Bertz CT molecular complexity index is 343. The molecule has 2 unspecified atom stereocenters. The minimum Gasteiger partial charge on any atom is -0.380 e. The van der Waals surface area contributed by atoms with Crippen LogP contribution in [0.2, 0.25) is 0 Å². The van der Waals surface area contributed by atoms with Crippen LogP contribution in [-0.4, -0.2) is 25.2 Å². The topological polar surface area (TPSA) is 38.3 Å². The molecule has 0 saturated carbocycles. The predicted molar refractivity (Wildman–Crippen MR) is 69.1 cm³/mol. The largest absolute Gasteiger partial charge is 0.380 e. The van der Waals surface area contributed by atoms with Gasteiger partial charge in [0.05, 0.1) is 6.61 Å². The molecule has 0 spiro atoms. The third-order valence-corrected chi connectivity index (χ3v) is 2.73. The third-order valence-electron chi connectivity index (χ3n) is 2.28. The van der Waals surface area contributed by atoms with Gasteiger partial charge in [0.25, 0.3) is 0 Å². The van der Waals surface area contributed by atoms with Crippen LogP contribution in [0.4, 0.5) is 0 Å². The van der Waals surface area contributed by atoms with Crippen molar-refractivity contribution in [2.45, 2.75) is 25.3 Å². The lowest BCUT2D eigenvalue weighted by Gasteiger charge is -2.16. The lowest BCUT2D eigenvalue weighted by molar-refractivity contribution is -0.121. The van der Waals surface area contributed by atoms with Gasteiger partial charge in [-0.15, -0.1) is 11.6 Å². The van der Waals surface area contributed by atoms with E-state index in [9.17, 15) is 4.79 Å². The smallest absolute Gasteiger partial charge is 0.242 e. The van der Waals surface area contributed by atoms with E-state index in [1.165, 1.54) is 0 Å². The third kappa shape index (κ3) is 4.75. The van der Waals surface area contributed by atoms with Gasteiger partial charge in [-0.3, -0.25) is 4.79 Å². The van der Waals surface area contributed by atoms with Crippen molar-refractivity contribution in [1.82, 2.24) is 5.32 Å². The van der Waals surface area contributed by atoms with Gasteiger partial charge in [0, 0.05) is 12.6 Å². The van der Waals surface area contributed by atoms with Crippen LogP contribution < -0.4 is 5.32 Å². The zero-order valence-corrected chi connectivity index (χ0v) is 10.9. The van der Waals surface area contributed by atoms with Crippen LogP contribution >= 0.6 is 11.6 Å². The number of carbonyl (C=O) groups is 1. The highest BCUT2D eigenvalue weighted by Crippen LogP contribution is 2.19. The molecule has 0 aromatic heterocycles. The highest BCUT2D eigenvalue weighted by Gasteiger charge is 2.18. The van der Waals surface area contributed by atoms with E-state index in [0.29, 0.717) is 13.2 Å². The first-order valence-corrected chi connectivity index (χ1v) is 6.16. The summed E-state index contributed by atoms with van der Waals surface area (Å²) in [5.41, 5.74) is 0.801. The van der Waals surface area contributed by atoms with Crippen LogP contribution in [0.25, 0.3) is 0 Å². The molecule has 1 aromatic rings. The highest BCUT2D eigenvalue weighted by molar-refractivity contribution is 6.30. The molecule has 0 saturated heterocycles. The molecule has 0 aliphatic heterocycles. The van der Waals surface area contributed by atoms with Crippen molar-refractivity contribution in [2.24, 2.45) is 0 Å². The van der Waals surface area contributed by atoms with Crippen LogP contribution in [0.5, 0.6) is 0 Å². The Balaban J connectivity index is 2.47. The van der Waals surface area contributed by atoms with Crippen LogP contribution in [0.3, 0.4) is 0 Å². The number of amides is 1. The van der Waals surface area contributed by atoms with E-state index in [-0.39, 0.29) is 11.9 Å². The van der Waals surface area contributed by atoms with Crippen LogP contribution in [-0.2, 0) is 9.53 Å². The van der Waals surface area contributed by atoms with Crippen LogP contribution in [0.1, 0.15) is 24.8 Å². The summed E-state index contributed by atoms with van der Waals surface area (Å²) < 4.78 is 5.22. The van der Waals surface area contributed by atoms with Crippen molar-refractivity contribution in [3.05, 3.63) is 35.9 Å². The minimum absolute atomic E-state index is 0.0348. The Labute approximate surface area is 107 Å². The number of benzene rings is 1. The molecule has 0 aliphatic rings. The van der Waals surface area contributed by atoms with Gasteiger partial charge < -0.3 is 10.1 Å². The van der Waals surface area contributed by atoms with Crippen molar-refractivity contribution >= 4 is 17.5 Å². The molecule has 4 heteroatoms. The summed E-state index contributed by atoms with van der Waals surface area (Å²) in [4.78, 5) is 11.8. The number of hydrogen-bond acceptors (Lipinski definition) is 2. The standard InChI is InChI=1S/C13H18ClNO2/c1-3-17-9-10(2)15-13(16)12(14)11-7-5-4-6-8-11/h4-8,10,12H,3,9H2,1-2H3,(H,15,16). The SMILES string of the molecule is CCOCC(C)NC(=O)C(Cl)c1ccccc1. The maximum Gasteiger partial charge on any atom is 0.242 e. The molecular formula is C13H18ClNO2. The molecule has 0 heterocycles. The zero-order valence-electron chi connectivity index (χ0n) is 10.2. The Kier molecular flexibility index (Phi) is 6.01. The second-order valence-electron chi connectivity index (χ2n) is 3.84. The van der Waals surface area contributed by atoms with Gasteiger partial charge in [-0.1, -0.05) is 30.3 Å². The highest BCUT2D eigenvalue weighted by atomic mass is 35.5. The Morgan fingerprint density at radius 3 is 2.65 bits per heavy atom. The molecule has 94 valence electrons. The van der Waals surface area contributed by atoms with E-state index in [2.05, 4.69) is 5.32 Å². The van der Waals surface area contributed by atoms with Crippen molar-refractivity contribution in [3.63, 3.8) is 0 Å². The average molecular weight is 256 g/mol. The van der Waals surface area contributed by atoms with Crippen molar-refractivity contribution in [1.29, 1.82) is 0 Å². The second kappa shape index (κ2) is 7.30. The maximum absolute atomic E-state index is 11.8. The lowest BCUT2D eigenvalue weighted by Crippen LogP contribution is -2.37. The fourth-order valence-electron chi connectivity index (χ4n) is 1.43. The molecule has 1 amide bonds. The maximum atomic E-state index is 11.8. The average Bonchev–Trinajstić information content (AvgIpc) is 2.36. The molecule has 17 heavy (non-hydrogen) atoms. The molecule has 0 bridgehead atoms. The molecule has 2 atom stereocenters. The molecule has 1 rings (SSSR count). The quantitative estimate of drug-likeness (QED) is 0.794. The summed E-state index contributed by atoms with van der Waals surface area (Å²) in [5.74, 6) is -0.190. The fourth-order valence-corrected chi connectivity index (χ4v) is 1.63. The van der Waals surface area contributed by atoms with Crippen LogP contribution in [0.15, 0.2) is 30.3 Å². The van der Waals surface area contributed by atoms with E-state index >= 15 is 0 Å². The summed E-state index contributed by atoms with van der Waals surface area (Å²) >= 11 is 6.08. The minimum atomic E-state index is -0.653. The molecule has 0 fully saturated rings. The number of ether oxygens (including phenoxy) is 1. The van der Waals surface area contributed by atoms with Crippen molar-refractivity contribution in [3.8, 4) is 0 Å². The number of hydrogen-bond donors (Lipinski definition) is 1. The Morgan fingerprint density at radius 2 is 2.06 bits per heavy atom. The summed E-state index contributed by atoms with van der Waals surface area (Å²) in [6, 6.07) is 9.26. The number of nitrogens with one attached hydrogen (secondary N) is 1. The van der Waals surface area contributed by atoms with Gasteiger partial charge in [-0.05, 0) is 19.4 Å². The van der Waals surface area contributed by atoms with E-state index in [0.717, 1.165) is 5.56 Å². The summed E-state index contributed by atoms with van der Waals surface area (Å²) in [7, 11) is 0. The Hall–Kier alpha value is -1.06. The first-order chi connectivity index (χ1) is 8.15. The molecule has 0 radical (unpaired) electrons. The molecule has 1 N–H and O–H groups in total. The van der Waals surface area contributed by atoms with Gasteiger partial charge in [-0.2, -0.15) is 0 Å². The first kappa shape index (κ1) is 14.0. The summed E-state index contributed by atoms with van der Waals surface area (Å²) in [5, 5.41) is 2.16. The van der Waals surface area contributed by atoms with Gasteiger partial charge in [0.1, 0.15) is 5.38 Å². The summed E-state index contributed by atoms with van der Waals surface area (Å²) in [6.45, 7) is 4.95. The van der Waals surface area contributed by atoms with E-state index in [4.69, 9.17) is 16.3 Å². The Morgan fingerprint density at radius 1 is 1.41 bits per heavy atom. The number of rotatable bonds is 6. The van der Waals surface area contributed by atoms with Crippen molar-refractivity contribution < 1.29 is 9.53 Å². The van der Waals surface area contributed by atoms with E-state index in [1.54, 1.807) is 0 Å². The number of alkyl halides is 1. The molecular weight excluding hydrogens is 238 g/mol. The van der Waals surface area contributed by atoms with Crippen LogP contribution in [0, 0.1) is 0 Å². The van der Waals surface area contributed by atoms with E-state index < -0.39 is 5.38 Å². The zero-order chi connectivity index (χ0) is 12.7. The fraction of sp³-hybridized carbons (Fsp3) is 0.462. The van der Waals surface area contributed by atoms with Gasteiger partial charge >= 0.3 is 0 Å². The molecule has 3 nitrogen and oxygen atoms in total. The molecule has 1 aromatic carbocycles. The van der Waals surface area contributed by atoms with Gasteiger partial charge in [0.2, 0.25) is 5.91 Å². The van der Waals surface area contributed by atoms with Gasteiger partial charge in [-0.25, -0.2) is 0 Å². The monoisotopic (exact) mass is 255 g/mol. The van der Waals surface area contributed by atoms with Gasteiger partial charge in [0.15, 0.2) is 0 Å². The predicted octanol–water partition coefficient (Wildman–Crippen LogP) is 2.51. The number of halogens is 1. The normalized spacial score (nSPS) is 14.1. The van der Waals surface area contributed by atoms with Crippen molar-refractivity contribution in [2.75, 3.05) is 13.2 Å². The van der Waals surface area contributed by atoms with E-state index in [1.807, 2.05) is 44.2 Å².